The molecule has 3 heteroatoms. The second kappa shape index (κ2) is 7.23. The monoisotopic (exact) mass is 328 g/mol. The molecule has 0 aliphatic rings. The molecule has 20 heavy (non-hydrogen) atoms. The van der Waals surface area contributed by atoms with E-state index in [2.05, 4.69) is 58.5 Å². The lowest BCUT2D eigenvalue weighted by Crippen LogP contribution is -2.24. The Labute approximate surface area is 128 Å². The van der Waals surface area contributed by atoms with Crippen molar-refractivity contribution in [3.05, 3.63) is 70.2 Å². The summed E-state index contributed by atoms with van der Waals surface area (Å²) in [6.45, 7) is 2.12. The first-order valence-corrected chi connectivity index (χ1v) is 7.43. The highest BCUT2D eigenvalue weighted by molar-refractivity contribution is 9.10. The number of hydrogen-bond donors (Lipinski definition) is 1. The number of hydrogen-bond acceptors (Lipinski definition) is 2. The maximum atomic E-state index is 9.02. The minimum Gasteiger partial charge on any atom is -0.302 e. The van der Waals surface area contributed by atoms with Crippen molar-refractivity contribution in [1.29, 1.82) is 5.26 Å². The van der Waals surface area contributed by atoms with Crippen LogP contribution in [0.25, 0.3) is 0 Å². The molecule has 0 aliphatic heterocycles. The van der Waals surface area contributed by atoms with Crippen molar-refractivity contribution in [2.45, 2.75) is 25.4 Å². The molecule has 2 rings (SSSR count). The number of rotatable bonds is 5. The van der Waals surface area contributed by atoms with E-state index in [1.54, 1.807) is 0 Å². The minimum absolute atomic E-state index is 0.0554. The molecule has 0 aliphatic carbocycles. The van der Waals surface area contributed by atoms with E-state index in [1.807, 2.05) is 30.3 Å². The summed E-state index contributed by atoms with van der Waals surface area (Å²) in [5.41, 5.74) is 2.37. The van der Waals surface area contributed by atoms with E-state index >= 15 is 0 Å². The van der Waals surface area contributed by atoms with Crippen LogP contribution in [0.15, 0.2) is 59.1 Å². The van der Waals surface area contributed by atoms with Crippen molar-refractivity contribution < 1.29 is 0 Å². The van der Waals surface area contributed by atoms with Gasteiger partial charge < -0.3 is 5.32 Å². The maximum absolute atomic E-state index is 9.02. The Morgan fingerprint density at radius 3 is 2.30 bits per heavy atom. The number of nitrogens with one attached hydrogen (secondary N) is 1. The molecule has 0 saturated carbocycles. The molecule has 0 bridgehead atoms. The molecule has 0 heterocycles. The second-order valence-electron chi connectivity index (χ2n) is 4.77. The molecule has 1 N–H and O–H groups in total. The van der Waals surface area contributed by atoms with Crippen LogP contribution in [0.1, 0.15) is 36.6 Å². The average molecular weight is 329 g/mol. The molecule has 2 atom stereocenters. The van der Waals surface area contributed by atoms with Crippen LogP contribution < -0.4 is 5.32 Å². The molecule has 0 radical (unpaired) electrons. The summed E-state index contributed by atoms with van der Waals surface area (Å²) < 4.78 is 1.07. The molecule has 0 fully saturated rings. The topological polar surface area (TPSA) is 35.8 Å². The Morgan fingerprint density at radius 2 is 1.70 bits per heavy atom. The Hall–Kier alpha value is -1.63. The van der Waals surface area contributed by atoms with Crippen molar-refractivity contribution in [1.82, 2.24) is 5.32 Å². The van der Waals surface area contributed by atoms with E-state index < -0.39 is 0 Å². The standard InChI is InChI=1S/C17H17BrN2/c1-13(14-7-9-16(18)10-8-14)20-17(11-12-19)15-5-3-2-4-6-15/h2-10,13,17,20H,11H2,1H3. The zero-order valence-corrected chi connectivity index (χ0v) is 13.0. The van der Waals surface area contributed by atoms with Gasteiger partial charge in [0.05, 0.1) is 12.5 Å². The molecule has 2 unspecified atom stereocenters. The van der Waals surface area contributed by atoms with Crippen LogP contribution in [0.4, 0.5) is 0 Å². The van der Waals surface area contributed by atoms with Crippen molar-refractivity contribution in [3.8, 4) is 6.07 Å². The molecular formula is C17H17BrN2. The zero-order valence-electron chi connectivity index (χ0n) is 11.4. The number of nitriles is 1. The Balaban J connectivity index is 2.12. The summed E-state index contributed by atoms with van der Waals surface area (Å²) in [7, 11) is 0. The molecule has 102 valence electrons. The normalized spacial score (nSPS) is 13.4. The van der Waals surface area contributed by atoms with E-state index in [1.165, 1.54) is 5.56 Å². The fourth-order valence-electron chi connectivity index (χ4n) is 2.20. The highest BCUT2D eigenvalue weighted by Gasteiger charge is 2.14. The van der Waals surface area contributed by atoms with Crippen molar-refractivity contribution in [3.63, 3.8) is 0 Å². The number of benzene rings is 2. The SMILES string of the molecule is CC(NC(CC#N)c1ccccc1)c1ccc(Br)cc1. The van der Waals surface area contributed by atoms with Gasteiger partial charge in [-0.15, -0.1) is 0 Å². The predicted octanol–water partition coefficient (Wildman–Crippen LogP) is 4.75. The zero-order chi connectivity index (χ0) is 14.4. The number of nitrogens with zero attached hydrogens (tertiary/aromatic N) is 1. The van der Waals surface area contributed by atoms with Gasteiger partial charge in [-0.05, 0) is 30.2 Å². The van der Waals surface area contributed by atoms with Crippen LogP contribution in [0.5, 0.6) is 0 Å². The van der Waals surface area contributed by atoms with Crippen molar-refractivity contribution in [2.75, 3.05) is 0 Å². The summed E-state index contributed by atoms with van der Waals surface area (Å²) in [6, 6.07) is 20.9. The third kappa shape index (κ3) is 3.93. The van der Waals surface area contributed by atoms with Crippen LogP contribution in [-0.2, 0) is 0 Å². The molecule has 2 nitrogen and oxygen atoms in total. The van der Waals surface area contributed by atoms with Gasteiger partial charge in [-0.25, -0.2) is 0 Å². The fourth-order valence-corrected chi connectivity index (χ4v) is 2.46. The Kier molecular flexibility index (Phi) is 5.34. The summed E-state index contributed by atoms with van der Waals surface area (Å²) in [4.78, 5) is 0. The maximum Gasteiger partial charge on any atom is 0.0641 e. The van der Waals surface area contributed by atoms with Crippen LogP contribution >= 0.6 is 15.9 Å². The highest BCUT2D eigenvalue weighted by atomic mass is 79.9. The van der Waals surface area contributed by atoms with Crippen LogP contribution in [0.3, 0.4) is 0 Å². The third-order valence-electron chi connectivity index (χ3n) is 3.32. The molecule has 0 amide bonds. The molecular weight excluding hydrogens is 312 g/mol. The summed E-state index contributed by atoms with van der Waals surface area (Å²) >= 11 is 3.44. The van der Waals surface area contributed by atoms with Gasteiger partial charge >= 0.3 is 0 Å². The van der Waals surface area contributed by atoms with Crippen LogP contribution in [-0.4, -0.2) is 0 Å². The quantitative estimate of drug-likeness (QED) is 0.859. The van der Waals surface area contributed by atoms with Crippen LogP contribution in [0.2, 0.25) is 0 Å². The summed E-state index contributed by atoms with van der Waals surface area (Å²) in [6.07, 6.45) is 0.463. The van der Waals surface area contributed by atoms with Gasteiger partial charge in [0, 0.05) is 16.6 Å². The smallest absolute Gasteiger partial charge is 0.0641 e. The summed E-state index contributed by atoms with van der Waals surface area (Å²) in [5.74, 6) is 0. The van der Waals surface area contributed by atoms with Gasteiger partial charge in [0.15, 0.2) is 0 Å². The van der Waals surface area contributed by atoms with E-state index in [4.69, 9.17) is 5.26 Å². The Bertz CT molecular complexity index is 572. The van der Waals surface area contributed by atoms with Gasteiger partial charge in [0.25, 0.3) is 0 Å². The second-order valence-corrected chi connectivity index (χ2v) is 5.68. The predicted molar refractivity (Wildman–Crippen MR) is 85.1 cm³/mol. The van der Waals surface area contributed by atoms with Gasteiger partial charge in [-0.3, -0.25) is 0 Å². The van der Waals surface area contributed by atoms with E-state index in [0.717, 1.165) is 10.0 Å². The van der Waals surface area contributed by atoms with Gasteiger partial charge in [0.1, 0.15) is 0 Å². The first-order valence-electron chi connectivity index (χ1n) is 6.64. The summed E-state index contributed by atoms with van der Waals surface area (Å²) in [5, 5.41) is 12.6. The molecule has 2 aromatic carbocycles. The molecule has 0 saturated heterocycles. The number of halogens is 1. The van der Waals surface area contributed by atoms with Crippen molar-refractivity contribution in [2.24, 2.45) is 0 Å². The Morgan fingerprint density at radius 1 is 1.05 bits per heavy atom. The molecule has 2 aromatic rings. The first kappa shape index (κ1) is 14.8. The largest absolute Gasteiger partial charge is 0.302 e. The van der Waals surface area contributed by atoms with Crippen molar-refractivity contribution >= 4 is 15.9 Å². The van der Waals surface area contributed by atoms with E-state index in [-0.39, 0.29) is 12.1 Å². The first-order chi connectivity index (χ1) is 9.70. The lowest BCUT2D eigenvalue weighted by molar-refractivity contribution is 0.472. The third-order valence-corrected chi connectivity index (χ3v) is 3.85. The fraction of sp³-hybridized carbons (Fsp3) is 0.235. The van der Waals surface area contributed by atoms with Gasteiger partial charge in [-0.2, -0.15) is 5.26 Å². The van der Waals surface area contributed by atoms with E-state index in [9.17, 15) is 0 Å². The lowest BCUT2D eigenvalue weighted by atomic mass is 10.0. The minimum atomic E-state index is 0.0554. The highest BCUT2D eigenvalue weighted by Crippen LogP contribution is 2.23. The molecule has 0 aromatic heterocycles. The van der Waals surface area contributed by atoms with E-state index in [0.29, 0.717) is 6.42 Å². The van der Waals surface area contributed by atoms with Crippen LogP contribution in [0, 0.1) is 11.3 Å². The molecule has 0 spiro atoms. The van der Waals surface area contributed by atoms with Gasteiger partial charge in [-0.1, -0.05) is 58.4 Å². The average Bonchev–Trinajstić information content (AvgIpc) is 2.48. The lowest BCUT2D eigenvalue weighted by Gasteiger charge is -2.22. The van der Waals surface area contributed by atoms with Gasteiger partial charge in [0.2, 0.25) is 0 Å².